The number of anilines is 1. The highest BCUT2D eigenvalue weighted by Crippen LogP contribution is 2.15. The van der Waals surface area contributed by atoms with Crippen LogP contribution in [-0.2, 0) is 14.3 Å². The zero-order chi connectivity index (χ0) is 12.7. The number of rotatable bonds is 5. The van der Waals surface area contributed by atoms with Crippen molar-refractivity contribution in [1.29, 1.82) is 0 Å². The Morgan fingerprint density at radius 1 is 1.24 bits per heavy atom. The molecule has 92 valence electrons. The number of ether oxygens (including phenoxy) is 2. The maximum atomic E-state index is 10.8. The number of hydrogen-bond acceptors (Lipinski definition) is 4. The predicted octanol–water partition coefficient (Wildman–Crippen LogP) is 1.59. The van der Waals surface area contributed by atoms with Gasteiger partial charge < -0.3 is 14.8 Å². The minimum absolute atomic E-state index is 0.121. The van der Waals surface area contributed by atoms with E-state index in [-0.39, 0.29) is 24.9 Å². The van der Waals surface area contributed by atoms with E-state index in [1.165, 1.54) is 14.0 Å². The molecule has 1 rings (SSSR count). The average Bonchev–Trinajstić information content (AvgIpc) is 2.30. The summed E-state index contributed by atoms with van der Waals surface area (Å²) in [6, 6.07) is 6.91. The molecule has 0 heterocycles. The smallest absolute Gasteiger partial charge is 0.308 e. The molecule has 1 N–H and O–H groups in total. The number of carbonyl (C=O) groups excluding carboxylic acids is 2. The molecule has 0 aliphatic heterocycles. The number of carbonyl (C=O) groups is 2. The highest BCUT2D eigenvalue weighted by Gasteiger charge is 2.01. The van der Waals surface area contributed by atoms with Crippen molar-refractivity contribution >= 4 is 17.6 Å². The number of hydrogen-bond donors (Lipinski definition) is 1. The normalized spacial score (nSPS) is 9.53. The van der Waals surface area contributed by atoms with Crippen LogP contribution in [0.3, 0.4) is 0 Å². The molecule has 0 saturated carbocycles. The van der Waals surface area contributed by atoms with Gasteiger partial charge in [-0.1, -0.05) is 0 Å². The second-order valence-electron chi connectivity index (χ2n) is 3.38. The fraction of sp³-hybridized carbons (Fsp3) is 0.333. The molecule has 5 nitrogen and oxygen atoms in total. The molecule has 1 amide bonds. The summed E-state index contributed by atoms with van der Waals surface area (Å²) >= 11 is 0. The Kier molecular flexibility index (Phi) is 5.00. The van der Waals surface area contributed by atoms with E-state index in [4.69, 9.17) is 4.74 Å². The van der Waals surface area contributed by atoms with E-state index in [0.717, 1.165) is 0 Å². The molecule has 1 aromatic carbocycles. The maximum absolute atomic E-state index is 10.8. The fourth-order valence-electron chi connectivity index (χ4n) is 1.19. The zero-order valence-corrected chi connectivity index (χ0v) is 9.86. The summed E-state index contributed by atoms with van der Waals surface area (Å²) in [5.74, 6) is 0.215. The number of methoxy groups -OCH3 is 1. The molecule has 0 saturated heterocycles. The first-order chi connectivity index (χ1) is 8.11. The molecule has 0 spiro atoms. The van der Waals surface area contributed by atoms with Crippen molar-refractivity contribution in [3.63, 3.8) is 0 Å². The largest absolute Gasteiger partial charge is 0.493 e. The Hall–Kier alpha value is -2.04. The lowest BCUT2D eigenvalue weighted by atomic mass is 10.3. The predicted molar refractivity (Wildman–Crippen MR) is 62.9 cm³/mol. The molecule has 0 unspecified atom stereocenters. The number of nitrogens with one attached hydrogen (secondary N) is 1. The molecule has 0 fully saturated rings. The van der Waals surface area contributed by atoms with E-state index in [0.29, 0.717) is 11.4 Å². The van der Waals surface area contributed by atoms with Crippen LogP contribution in [0.15, 0.2) is 24.3 Å². The topological polar surface area (TPSA) is 64.6 Å². The molecule has 0 aliphatic rings. The van der Waals surface area contributed by atoms with Crippen LogP contribution in [0.2, 0.25) is 0 Å². The summed E-state index contributed by atoms with van der Waals surface area (Å²) in [7, 11) is 1.34. The van der Waals surface area contributed by atoms with E-state index in [1.807, 2.05) is 0 Å². The van der Waals surface area contributed by atoms with Crippen LogP contribution in [-0.4, -0.2) is 25.6 Å². The van der Waals surface area contributed by atoms with Crippen LogP contribution in [0, 0.1) is 0 Å². The number of amides is 1. The van der Waals surface area contributed by atoms with Gasteiger partial charge in [-0.05, 0) is 24.3 Å². The minimum Gasteiger partial charge on any atom is -0.493 e. The van der Waals surface area contributed by atoms with Crippen molar-refractivity contribution in [2.45, 2.75) is 13.3 Å². The van der Waals surface area contributed by atoms with Crippen molar-refractivity contribution in [2.75, 3.05) is 19.0 Å². The van der Waals surface area contributed by atoms with Gasteiger partial charge in [-0.15, -0.1) is 0 Å². The van der Waals surface area contributed by atoms with E-state index in [2.05, 4.69) is 10.1 Å². The Morgan fingerprint density at radius 3 is 2.41 bits per heavy atom. The molecule has 0 aliphatic carbocycles. The molecule has 0 bridgehead atoms. The van der Waals surface area contributed by atoms with E-state index in [1.54, 1.807) is 24.3 Å². The van der Waals surface area contributed by atoms with Crippen molar-refractivity contribution in [3.8, 4) is 5.75 Å². The third-order valence-corrected chi connectivity index (χ3v) is 1.98. The summed E-state index contributed by atoms with van der Waals surface area (Å²) < 4.78 is 9.81. The van der Waals surface area contributed by atoms with Crippen molar-refractivity contribution in [1.82, 2.24) is 0 Å². The average molecular weight is 237 g/mol. The molecule has 0 radical (unpaired) electrons. The fourth-order valence-corrected chi connectivity index (χ4v) is 1.19. The van der Waals surface area contributed by atoms with Gasteiger partial charge in [-0.2, -0.15) is 0 Å². The number of esters is 1. The van der Waals surface area contributed by atoms with Gasteiger partial charge in [-0.3, -0.25) is 9.59 Å². The lowest BCUT2D eigenvalue weighted by Crippen LogP contribution is -2.08. The summed E-state index contributed by atoms with van der Waals surface area (Å²) in [6.45, 7) is 1.72. The second kappa shape index (κ2) is 6.52. The van der Waals surface area contributed by atoms with Gasteiger partial charge in [-0.25, -0.2) is 0 Å². The summed E-state index contributed by atoms with van der Waals surface area (Å²) in [5.41, 5.74) is 0.706. The van der Waals surface area contributed by atoms with Crippen LogP contribution < -0.4 is 10.1 Å². The van der Waals surface area contributed by atoms with Crippen LogP contribution in [0.5, 0.6) is 5.75 Å². The highest BCUT2D eigenvalue weighted by molar-refractivity contribution is 5.88. The Morgan fingerprint density at radius 2 is 1.88 bits per heavy atom. The Labute approximate surface area is 99.7 Å². The monoisotopic (exact) mass is 237 g/mol. The first-order valence-corrected chi connectivity index (χ1v) is 5.19. The number of benzene rings is 1. The molecular formula is C12H15NO4. The second-order valence-corrected chi connectivity index (χ2v) is 3.38. The Bertz CT molecular complexity index is 386. The van der Waals surface area contributed by atoms with E-state index in [9.17, 15) is 9.59 Å². The molecule has 17 heavy (non-hydrogen) atoms. The van der Waals surface area contributed by atoms with Crippen molar-refractivity contribution < 1.29 is 19.1 Å². The van der Waals surface area contributed by atoms with Gasteiger partial charge in [0.2, 0.25) is 5.91 Å². The van der Waals surface area contributed by atoms with E-state index >= 15 is 0 Å². The van der Waals surface area contributed by atoms with Crippen LogP contribution in [0.25, 0.3) is 0 Å². The quantitative estimate of drug-likeness (QED) is 0.790. The minimum atomic E-state index is -0.306. The first-order valence-electron chi connectivity index (χ1n) is 5.19. The first kappa shape index (κ1) is 13.0. The van der Waals surface area contributed by atoms with Gasteiger partial charge >= 0.3 is 5.97 Å². The van der Waals surface area contributed by atoms with Crippen molar-refractivity contribution in [3.05, 3.63) is 24.3 Å². The molecular weight excluding hydrogens is 222 g/mol. The molecule has 5 heteroatoms. The molecule has 0 aromatic heterocycles. The Balaban J connectivity index is 2.40. The summed E-state index contributed by atoms with van der Waals surface area (Å²) in [5, 5.41) is 2.65. The van der Waals surface area contributed by atoms with Crippen molar-refractivity contribution in [2.24, 2.45) is 0 Å². The lowest BCUT2D eigenvalue weighted by Gasteiger charge is -2.06. The highest BCUT2D eigenvalue weighted by atomic mass is 16.5. The van der Waals surface area contributed by atoms with Crippen LogP contribution in [0.4, 0.5) is 5.69 Å². The van der Waals surface area contributed by atoms with Gasteiger partial charge in [0.15, 0.2) is 0 Å². The lowest BCUT2D eigenvalue weighted by molar-refractivity contribution is -0.141. The van der Waals surface area contributed by atoms with E-state index < -0.39 is 0 Å². The maximum Gasteiger partial charge on any atom is 0.308 e. The van der Waals surface area contributed by atoms with Gasteiger partial charge in [0.1, 0.15) is 5.75 Å². The van der Waals surface area contributed by atoms with Crippen LogP contribution >= 0.6 is 0 Å². The summed E-state index contributed by atoms with van der Waals surface area (Å²) in [6.07, 6.45) is 0.212. The van der Waals surface area contributed by atoms with Gasteiger partial charge in [0, 0.05) is 12.6 Å². The zero-order valence-electron chi connectivity index (χ0n) is 9.86. The summed E-state index contributed by atoms with van der Waals surface area (Å²) in [4.78, 5) is 21.6. The third kappa shape index (κ3) is 5.01. The van der Waals surface area contributed by atoms with Gasteiger partial charge in [0.05, 0.1) is 20.1 Å². The SMILES string of the molecule is COC(=O)CCOc1ccc(NC(C)=O)cc1. The third-order valence-electron chi connectivity index (χ3n) is 1.98. The van der Waals surface area contributed by atoms with Gasteiger partial charge in [0.25, 0.3) is 0 Å². The standard InChI is InChI=1S/C12H15NO4/c1-9(14)13-10-3-5-11(6-4-10)17-8-7-12(15)16-2/h3-6H,7-8H2,1-2H3,(H,13,14). The van der Waals surface area contributed by atoms with Crippen LogP contribution in [0.1, 0.15) is 13.3 Å². The molecule has 0 atom stereocenters. The molecule has 1 aromatic rings.